The lowest BCUT2D eigenvalue weighted by Gasteiger charge is -2.42. The Morgan fingerprint density at radius 2 is 2.00 bits per heavy atom. The summed E-state index contributed by atoms with van der Waals surface area (Å²) in [6.07, 6.45) is 0. The molecule has 0 aromatic heterocycles. The molecule has 2 atom stereocenters. The summed E-state index contributed by atoms with van der Waals surface area (Å²) in [5.74, 6) is 0. The first-order valence-electron chi connectivity index (χ1n) is 4.48. The molecule has 3 nitrogen and oxygen atoms in total. The fourth-order valence-corrected chi connectivity index (χ4v) is 1.68. The van der Waals surface area contributed by atoms with Crippen LogP contribution in [0.1, 0.15) is 13.8 Å². The van der Waals surface area contributed by atoms with E-state index in [1.807, 2.05) is 0 Å². The zero-order chi connectivity index (χ0) is 9.14. The highest BCUT2D eigenvalue weighted by Crippen LogP contribution is 2.13. The van der Waals surface area contributed by atoms with Gasteiger partial charge in [-0.2, -0.15) is 5.26 Å². The standard InChI is InChI=1S/C9H17N3/c1-8-9(2)12(5-4-10)7-6-11(8)3/h8-9H,5-7H2,1-3H3. The van der Waals surface area contributed by atoms with Crippen molar-refractivity contribution in [3.05, 3.63) is 0 Å². The van der Waals surface area contributed by atoms with Gasteiger partial charge >= 0.3 is 0 Å². The van der Waals surface area contributed by atoms with Crippen molar-refractivity contribution < 1.29 is 0 Å². The molecule has 1 rings (SSSR count). The smallest absolute Gasteiger partial charge is 0.0869 e. The van der Waals surface area contributed by atoms with Crippen LogP contribution < -0.4 is 0 Å². The van der Waals surface area contributed by atoms with Crippen LogP contribution in [0.3, 0.4) is 0 Å². The van der Waals surface area contributed by atoms with Crippen molar-refractivity contribution in [3.63, 3.8) is 0 Å². The molecule has 0 aliphatic carbocycles. The third-order valence-corrected chi connectivity index (χ3v) is 2.98. The van der Waals surface area contributed by atoms with Crippen molar-refractivity contribution >= 4 is 0 Å². The first kappa shape index (κ1) is 9.50. The van der Waals surface area contributed by atoms with Crippen molar-refractivity contribution in [2.45, 2.75) is 25.9 Å². The van der Waals surface area contributed by atoms with Crippen molar-refractivity contribution in [3.8, 4) is 6.07 Å². The van der Waals surface area contributed by atoms with Crippen LogP contribution in [0.25, 0.3) is 0 Å². The van der Waals surface area contributed by atoms with Gasteiger partial charge < -0.3 is 4.90 Å². The molecular formula is C9H17N3. The number of hydrogen-bond donors (Lipinski definition) is 0. The van der Waals surface area contributed by atoms with Crippen molar-refractivity contribution in [2.75, 3.05) is 26.7 Å². The molecule has 0 bridgehead atoms. The van der Waals surface area contributed by atoms with Crippen LogP contribution in [-0.4, -0.2) is 48.6 Å². The number of hydrogen-bond acceptors (Lipinski definition) is 3. The quantitative estimate of drug-likeness (QED) is 0.534. The largest absolute Gasteiger partial charge is 0.301 e. The van der Waals surface area contributed by atoms with E-state index < -0.39 is 0 Å². The van der Waals surface area contributed by atoms with E-state index in [9.17, 15) is 0 Å². The predicted octanol–water partition coefficient (Wildman–Crippen LogP) is 0.534. The lowest BCUT2D eigenvalue weighted by molar-refractivity contribution is 0.0625. The van der Waals surface area contributed by atoms with Gasteiger partial charge in [0.25, 0.3) is 0 Å². The monoisotopic (exact) mass is 167 g/mol. The summed E-state index contributed by atoms with van der Waals surface area (Å²) in [6.45, 7) is 7.08. The first-order chi connectivity index (χ1) is 5.66. The highest BCUT2D eigenvalue weighted by Gasteiger charge is 2.27. The Morgan fingerprint density at radius 3 is 2.58 bits per heavy atom. The van der Waals surface area contributed by atoms with Crippen LogP contribution in [0.15, 0.2) is 0 Å². The fourth-order valence-electron chi connectivity index (χ4n) is 1.68. The normalized spacial score (nSPS) is 33.2. The Bertz CT molecular complexity index is 185. The lowest BCUT2D eigenvalue weighted by Crippen LogP contribution is -2.55. The molecule has 0 aromatic carbocycles. The fraction of sp³-hybridized carbons (Fsp3) is 0.889. The number of likely N-dealkylation sites (N-methyl/N-ethyl adjacent to an activating group) is 1. The molecule has 1 aliphatic heterocycles. The second-order valence-corrected chi connectivity index (χ2v) is 3.59. The van der Waals surface area contributed by atoms with E-state index in [2.05, 4.69) is 36.8 Å². The van der Waals surface area contributed by atoms with Gasteiger partial charge in [-0.05, 0) is 20.9 Å². The minimum Gasteiger partial charge on any atom is -0.301 e. The number of nitrogens with zero attached hydrogens (tertiary/aromatic N) is 3. The highest BCUT2D eigenvalue weighted by molar-refractivity contribution is 4.89. The van der Waals surface area contributed by atoms with Crippen molar-refractivity contribution in [2.24, 2.45) is 0 Å². The summed E-state index contributed by atoms with van der Waals surface area (Å²) in [7, 11) is 2.14. The SMILES string of the molecule is CC1C(C)N(CC#N)CCN1C. The molecule has 0 spiro atoms. The molecule has 1 heterocycles. The van der Waals surface area contributed by atoms with Crippen LogP contribution in [0.2, 0.25) is 0 Å². The highest BCUT2D eigenvalue weighted by atomic mass is 15.3. The predicted molar refractivity (Wildman–Crippen MR) is 48.7 cm³/mol. The zero-order valence-electron chi connectivity index (χ0n) is 8.12. The molecule has 0 saturated carbocycles. The molecular weight excluding hydrogens is 150 g/mol. The van der Waals surface area contributed by atoms with E-state index >= 15 is 0 Å². The van der Waals surface area contributed by atoms with Gasteiger partial charge in [0.05, 0.1) is 12.6 Å². The topological polar surface area (TPSA) is 30.3 Å². The maximum absolute atomic E-state index is 8.58. The molecule has 68 valence electrons. The second kappa shape index (κ2) is 3.88. The van der Waals surface area contributed by atoms with E-state index in [1.165, 1.54) is 0 Å². The third kappa shape index (κ3) is 1.77. The van der Waals surface area contributed by atoms with Crippen LogP contribution >= 0.6 is 0 Å². The van der Waals surface area contributed by atoms with E-state index in [0.29, 0.717) is 18.6 Å². The molecule has 12 heavy (non-hydrogen) atoms. The van der Waals surface area contributed by atoms with E-state index in [0.717, 1.165) is 13.1 Å². The molecule has 1 fully saturated rings. The summed E-state index contributed by atoms with van der Waals surface area (Å²) in [5.41, 5.74) is 0. The van der Waals surface area contributed by atoms with Gasteiger partial charge in [0.15, 0.2) is 0 Å². The van der Waals surface area contributed by atoms with Crippen LogP contribution in [-0.2, 0) is 0 Å². The van der Waals surface area contributed by atoms with E-state index in [1.54, 1.807) is 0 Å². The van der Waals surface area contributed by atoms with E-state index in [-0.39, 0.29) is 0 Å². The molecule has 1 aliphatic rings. The number of piperazine rings is 1. The molecule has 1 saturated heterocycles. The molecule has 2 unspecified atom stereocenters. The van der Waals surface area contributed by atoms with Crippen molar-refractivity contribution in [1.29, 1.82) is 5.26 Å². The van der Waals surface area contributed by atoms with Crippen molar-refractivity contribution in [1.82, 2.24) is 9.80 Å². The first-order valence-corrected chi connectivity index (χ1v) is 4.48. The molecule has 0 N–H and O–H groups in total. The molecule has 0 aromatic rings. The zero-order valence-corrected chi connectivity index (χ0v) is 8.12. The van der Waals surface area contributed by atoms with Gasteiger partial charge in [0, 0.05) is 25.2 Å². The lowest BCUT2D eigenvalue weighted by atomic mass is 10.1. The molecule has 0 radical (unpaired) electrons. The minimum atomic E-state index is 0.503. The Balaban J connectivity index is 2.54. The summed E-state index contributed by atoms with van der Waals surface area (Å²) in [5, 5.41) is 8.58. The van der Waals surface area contributed by atoms with Gasteiger partial charge in [0.1, 0.15) is 0 Å². The summed E-state index contributed by atoms with van der Waals surface area (Å²) >= 11 is 0. The minimum absolute atomic E-state index is 0.503. The summed E-state index contributed by atoms with van der Waals surface area (Å²) < 4.78 is 0. The Labute approximate surface area is 74.6 Å². The van der Waals surface area contributed by atoms with Crippen LogP contribution in [0.5, 0.6) is 0 Å². The van der Waals surface area contributed by atoms with Gasteiger partial charge in [-0.15, -0.1) is 0 Å². The maximum Gasteiger partial charge on any atom is 0.0869 e. The van der Waals surface area contributed by atoms with Gasteiger partial charge in [-0.3, -0.25) is 4.90 Å². The van der Waals surface area contributed by atoms with Gasteiger partial charge in [0.2, 0.25) is 0 Å². The van der Waals surface area contributed by atoms with Crippen LogP contribution in [0, 0.1) is 11.3 Å². The summed E-state index contributed by atoms with van der Waals surface area (Å²) in [6, 6.07) is 3.28. The van der Waals surface area contributed by atoms with Gasteiger partial charge in [-0.1, -0.05) is 0 Å². The Hall–Kier alpha value is -0.590. The average Bonchev–Trinajstić information content (AvgIpc) is 2.07. The third-order valence-electron chi connectivity index (χ3n) is 2.98. The van der Waals surface area contributed by atoms with Crippen LogP contribution in [0.4, 0.5) is 0 Å². The summed E-state index contributed by atoms with van der Waals surface area (Å²) in [4.78, 5) is 4.59. The average molecular weight is 167 g/mol. The van der Waals surface area contributed by atoms with E-state index in [4.69, 9.17) is 5.26 Å². The Morgan fingerprint density at radius 1 is 1.33 bits per heavy atom. The molecule has 3 heteroatoms. The molecule has 0 amide bonds. The number of nitriles is 1. The Kier molecular flexibility index (Phi) is 3.07. The maximum atomic E-state index is 8.58. The number of rotatable bonds is 1. The second-order valence-electron chi connectivity index (χ2n) is 3.59. The van der Waals surface area contributed by atoms with Gasteiger partial charge in [-0.25, -0.2) is 0 Å².